The molecule has 0 saturated heterocycles. The first-order chi connectivity index (χ1) is 26.2. The molecule has 0 aromatic heterocycles. The first kappa shape index (κ1) is 31.5. The number of anilines is 3. The molecule has 0 amide bonds. The van der Waals surface area contributed by atoms with E-state index in [0.717, 1.165) is 11.4 Å². The van der Waals surface area contributed by atoms with Crippen molar-refractivity contribution in [2.75, 3.05) is 4.90 Å². The molecule has 10 rings (SSSR count). The summed E-state index contributed by atoms with van der Waals surface area (Å²) >= 11 is 0. The van der Waals surface area contributed by atoms with Crippen molar-refractivity contribution < 1.29 is 0 Å². The lowest BCUT2D eigenvalue weighted by Crippen LogP contribution is -2.28. The number of nitrogens with zero attached hydrogens (tertiary/aromatic N) is 1. The van der Waals surface area contributed by atoms with Gasteiger partial charge in [-0.3, -0.25) is 0 Å². The zero-order valence-electron chi connectivity index (χ0n) is 30.1. The van der Waals surface area contributed by atoms with E-state index < -0.39 is 5.41 Å². The number of rotatable bonds is 6. The molecule has 53 heavy (non-hydrogen) atoms. The van der Waals surface area contributed by atoms with Crippen molar-refractivity contribution in [3.8, 4) is 22.3 Å². The standard InChI is InChI=1S/C52H41N/c1-36-15-8-13-26-50(36)53(42-30-27-39(28-31-42)45-25-14-18-37-16-9-11-23-44(37)45)43-32-33-47-49(35-43)52(40-19-4-2-5-20-40,41-21-6-3-7-22-41)48-34-29-38-17-10-12-24-46(38)51(47)48/h2-8,10,12-15,17-22,24-35H,9,11,16,23H2,1H3. The van der Waals surface area contributed by atoms with Crippen LogP contribution in [-0.4, -0.2) is 0 Å². The Hall–Kier alpha value is -6.18. The summed E-state index contributed by atoms with van der Waals surface area (Å²) in [7, 11) is 0. The molecule has 0 spiro atoms. The summed E-state index contributed by atoms with van der Waals surface area (Å²) in [5, 5.41) is 2.56. The molecule has 254 valence electrons. The monoisotopic (exact) mass is 679 g/mol. The van der Waals surface area contributed by atoms with Crippen molar-refractivity contribution in [3.05, 3.63) is 221 Å². The molecule has 2 aliphatic carbocycles. The van der Waals surface area contributed by atoms with E-state index in [0.29, 0.717) is 0 Å². The molecule has 0 bridgehead atoms. The summed E-state index contributed by atoms with van der Waals surface area (Å²) in [5.41, 5.74) is 17.8. The fraction of sp³-hybridized carbons (Fsp3) is 0.115. The minimum absolute atomic E-state index is 0.499. The molecular weight excluding hydrogens is 639 g/mol. The van der Waals surface area contributed by atoms with Crippen LogP contribution in [0.4, 0.5) is 17.1 Å². The third kappa shape index (κ3) is 4.99. The lowest BCUT2D eigenvalue weighted by Gasteiger charge is -2.35. The van der Waals surface area contributed by atoms with E-state index in [1.165, 1.54) is 103 Å². The van der Waals surface area contributed by atoms with Crippen LogP contribution in [0, 0.1) is 6.92 Å². The van der Waals surface area contributed by atoms with Crippen molar-refractivity contribution in [2.24, 2.45) is 0 Å². The van der Waals surface area contributed by atoms with E-state index in [2.05, 4.69) is 194 Å². The smallest absolute Gasteiger partial charge is 0.0714 e. The van der Waals surface area contributed by atoms with Gasteiger partial charge in [0, 0.05) is 17.1 Å². The van der Waals surface area contributed by atoms with Crippen molar-refractivity contribution in [2.45, 2.75) is 38.0 Å². The molecular formula is C52H41N. The Labute approximate surface area is 312 Å². The molecule has 2 aliphatic rings. The van der Waals surface area contributed by atoms with Crippen LogP contribution in [0.1, 0.15) is 51.8 Å². The lowest BCUT2D eigenvalue weighted by molar-refractivity contribution is 0.687. The van der Waals surface area contributed by atoms with Crippen LogP contribution >= 0.6 is 0 Å². The van der Waals surface area contributed by atoms with Gasteiger partial charge >= 0.3 is 0 Å². The van der Waals surface area contributed by atoms with E-state index in [-0.39, 0.29) is 0 Å². The highest BCUT2D eigenvalue weighted by atomic mass is 15.1. The number of para-hydroxylation sites is 1. The minimum atomic E-state index is -0.499. The summed E-state index contributed by atoms with van der Waals surface area (Å²) in [6.45, 7) is 2.22. The van der Waals surface area contributed by atoms with E-state index in [4.69, 9.17) is 0 Å². The van der Waals surface area contributed by atoms with Crippen LogP contribution in [-0.2, 0) is 18.3 Å². The quantitative estimate of drug-likeness (QED) is 0.169. The Morgan fingerprint density at radius 1 is 0.491 bits per heavy atom. The van der Waals surface area contributed by atoms with Crippen LogP contribution in [0.3, 0.4) is 0 Å². The molecule has 0 atom stereocenters. The van der Waals surface area contributed by atoms with Crippen LogP contribution in [0.15, 0.2) is 182 Å². The van der Waals surface area contributed by atoms with Crippen LogP contribution in [0.2, 0.25) is 0 Å². The minimum Gasteiger partial charge on any atom is -0.310 e. The van der Waals surface area contributed by atoms with Crippen molar-refractivity contribution in [1.82, 2.24) is 0 Å². The first-order valence-electron chi connectivity index (χ1n) is 19.1. The van der Waals surface area contributed by atoms with Gasteiger partial charge in [0.2, 0.25) is 0 Å². The number of hydrogen-bond acceptors (Lipinski definition) is 1. The number of hydrogen-bond donors (Lipinski definition) is 0. The fourth-order valence-corrected chi connectivity index (χ4v) is 9.47. The molecule has 0 unspecified atom stereocenters. The van der Waals surface area contributed by atoms with E-state index in [9.17, 15) is 0 Å². The molecule has 8 aromatic rings. The second kappa shape index (κ2) is 12.8. The van der Waals surface area contributed by atoms with E-state index in [1.54, 1.807) is 0 Å². The average molecular weight is 680 g/mol. The molecule has 1 nitrogen and oxygen atoms in total. The largest absolute Gasteiger partial charge is 0.310 e. The Morgan fingerprint density at radius 2 is 1.17 bits per heavy atom. The maximum Gasteiger partial charge on any atom is 0.0714 e. The summed E-state index contributed by atoms with van der Waals surface area (Å²) < 4.78 is 0. The van der Waals surface area contributed by atoms with Gasteiger partial charge in [-0.2, -0.15) is 0 Å². The van der Waals surface area contributed by atoms with Crippen LogP contribution < -0.4 is 4.90 Å². The van der Waals surface area contributed by atoms with Gasteiger partial charge in [-0.25, -0.2) is 0 Å². The van der Waals surface area contributed by atoms with Gasteiger partial charge in [0.15, 0.2) is 0 Å². The SMILES string of the molecule is Cc1ccccc1N(c1ccc(-c2cccc3c2CCCC3)cc1)c1ccc2c(c1)C(c1ccccc1)(c1ccccc1)c1ccc3ccccc3c1-2. The molecule has 0 N–H and O–H groups in total. The first-order valence-corrected chi connectivity index (χ1v) is 19.1. The average Bonchev–Trinajstić information content (AvgIpc) is 3.53. The summed E-state index contributed by atoms with van der Waals surface area (Å²) in [6.07, 6.45) is 4.92. The lowest BCUT2D eigenvalue weighted by atomic mass is 9.67. The summed E-state index contributed by atoms with van der Waals surface area (Å²) in [6, 6.07) is 68.0. The highest BCUT2D eigenvalue weighted by molar-refractivity contribution is 6.04. The van der Waals surface area contributed by atoms with Crippen LogP contribution in [0.5, 0.6) is 0 Å². The van der Waals surface area contributed by atoms with Crippen molar-refractivity contribution >= 4 is 27.8 Å². The normalized spacial score (nSPS) is 14.0. The molecule has 0 radical (unpaired) electrons. The fourth-order valence-electron chi connectivity index (χ4n) is 9.47. The highest BCUT2D eigenvalue weighted by Gasteiger charge is 2.47. The molecule has 0 heterocycles. The zero-order valence-corrected chi connectivity index (χ0v) is 30.1. The topological polar surface area (TPSA) is 3.24 Å². The number of benzene rings is 8. The van der Waals surface area contributed by atoms with Gasteiger partial charge in [0.1, 0.15) is 0 Å². The molecule has 1 heteroatoms. The number of aryl methyl sites for hydroxylation is 2. The molecule has 0 saturated carbocycles. The Morgan fingerprint density at radius 3 is 1.94 bits per heavy atom. The Balaban J connectivity index is 1.21. The van der Waals surface area contributed by atoms with Gasteiger partial charge in [-0.05, 0) is 135 Å². The third-order valence-corrected chi connectivity index (χ3v) is 11.9. The van der Waals surface area contributed by atoms with Crippen molar-refractivity contribution in [3.63, 3.8) is 0 Å². The molecule has 0 aliphatic heterocycles. The highest BCUT2D eigenvalue weighted by Crippen LogP contribution is 2.59. The van der Waals surface area contributed by atoms with Gasteiger partial charge in [0.05, 0.1) is 5.41 Å². The predicted molar refractivity (Wildman–Crippen MR) is 223 cm³/mol. The van der Waals surface area contributed by atoms with E-state index in [1.807, 2.05) is 0 Å². The summed E-state index contributed by atoms with van der Waals surface area (Å²) in [4.78, 5) is 2.46. The van der Waals surface area contributed by atoms with Gasteiger partial charge < -0.3 is 4.90 Å². The zero-order chi connectivity index (χ0) is 35.4. The second-order valence-electron chi connectivity index (χ2n) is 14.7. The Kier molecular flexibility index (Phi) is 7.62. The Bertz CT molecular complexity index is 2580. The van der Waals surface area contributed by atoms with Gasteiger partial charge in [-0.1, -0.05) is 152 Å². The van der Waals surface area contributed by atoms with E-state index >= 15 is 0 Å². The number of fused-ring (bicyclic) bond motifs is 6. The third-order valence-electron chi connectivity index (χ3n) is 11.9. The van der Waals surface area contributed by atoms with Crippen molar-refractivity contribution in [1.29, 1.82) is 0 Å². The maximum absolute atomic E-state index is 2.48. The predicted octanol–water partition coefficient (Wildman–Crippen LogP) is 13.5. The van der Waals surface area contributed by atoms with Crippen LogP contribution in [0.25, 0.3) is 33.0 Å². The van der Waals surface area contributed by atoms with Gasteiger partial charge in [0.25, 0.3) is 0 Å². The van der Waals surface area contributed by atoms with Gasteiger partial charge in [-0.15, -0.1) is 0 Å². The summed E-state index contributed by atoms with van der Waals surface area (Å²) in [5.74, 6) is 0. The second-order valence-corrected chi connectivity index (χ2v) is 14.7. The maximum atomic E-state index is 2.48. The molecule has 8 aromatic carbocycles. The molecule has 0 fully saturated rings.